The van der Waals surface area contributed by atoms with Crippen molar-refractivity contribution in [1.29, 1.82) is 0 Å². The highest BCUT2D eigenvalue weighted by Gasteiger charge is 2.20. The zero-order chi connectivity index (χ0) is 15.8. The van der Waals surface area contributed by atoms with Crippen LogP contribution in [0.25, 0.3) is 0 Å². The molecule has 0 spiro atoms. The van der Waals surface area contributed by atoms with Crippen LogP contribution in [0.3, 0.4) is 0 Å². The Kier molecular flexibility index (Phi) is 6.35. The van der Waals surface area contributed by atoms with Gasteiger partial charge in [-0.25, -0.2) is 4.79 Å². The molecule has 1 aromatic rings. The predicted molar refractivity (Wildman–Crippen MR) is 76.0 cm³/mol. The van der Waals surface area contributed by atoms with Crippen molar-refractivity contribution in [1.82, 2.24) is 5.32 Å². The molecule has 0 saturated carbocycles. The maximum atomic E-state index is 11.9. The van der Waals surface area contributed by atoms with Crippen molar-refractivity contribution in [2.24, 2.45) is 11.5 Å². The van der Waals surface area contributed by atoms with Crippen LogP contribution >= 0.6 is 0 Å². The van der Waals surface area contributed by atoms with Gasteiger partial charge in [0, 0.05) is 13.0 Å². The molecule has 0 bridgehead atoms. The molecule has 0 heterocycles. The number of aliphatic carboxylic acids is 1. The summed E-state index contributed by atoms with van der Waals surface area (Å²) < 4.78 is 0. The number of primary amides is 1. The van der Waals surface area contributed by atoms with E-state index in [2.05, 4.69) is 5.32 Å². The Labute approximate surface area is 122 Å². The zero-order valence-electron chi connectivity index (χ0n) is 11.5. The van der Waals surface area contributed by atoms with Gasteiger partial charge in [0.2, 0.25) is 11.8 Å². The molecule has 21 heavy (non-hydrogen) atoms. The van der Waals surface area contributed by atoms with E-state index in [0.717, 1.165) is 11.1 Å². The summed E-state index contributed by atoms with van der Waals surface area (Å²) in [5, 5.41) is 11.4. The molecule has 0 fully saturated rings. The Bertz CT molecular complexity index is 531. The molecule has 6 N–H and O–H groups in total. The van der Waals surface area contributed by atoms with Crippen LogP contribution in [-0.2, 0) is 27.3 Å². The normalized spacial score (nSPS) is 11.7. The van der Waals surface area contributed by atoms with Crippen molar-refractivity contribution in [2.45, 2.75) is 31.8 Å². The molecule has 0 aliphatic carbocycles. The second-order valence-electron chi connectivity index (χ2n) is 4.61. The molecule has 0 saturated heterocycles. The van der Waals surface area contributed by atoms with E-state index >= 15 is 0 Å². The first-order chi connectivity index (χ1) is 9.93. The van der Waals surface area contributed by atoms with Gasteiger partial charge >= 0.3 is 5.97 Å². The van der Waals surface area contributed by atoms with Crippen molar-refractivity contribution in [3.8, 4) is 0 Å². The molecular formula is C14H19N3O4. The summed E-state index contributed by atoms with van der Waals surface area (Å²) in [7, 11) is 0. The van der Waals surface area contributed by atoms with Gasteiger partial charge in [0.25, 0.3) is 0 Å². The van der Waals surface area contributed by atoms with Gasteiger partial charge < -0.3 is 21.9 Å². The fraction of sp³-hybridized carbons (Fsp3) is 0.357. The van der Waals surface area contributed by atoms with Gasteiger partial charge in [0.1, 0.15) is 6.04 Å². The fourth-order valence-electron chi connectivity index (χ4n) is 1.89. The number of carboxylic acid groups (broad SMARTS) is 1. The summed E-state index contributed by atoms with van der Waals surface area (Å²) >= 11 is 0. The van der Waals surface area contributed by atoms with Gasteiger partial charge in [-0.05, 0) is 17.5 Å². The maximum absolute atomic E-state index is 11.9. The van der Waals surface area contributed by atoms with Crippen LogP contribution in [0.15, 0.2) is 24.3 Å². The zero-order valence-corrected chi connectivity index (χ0v) is 11.5. The van der Waals surface area contributed by atoms with Crippen molar-refractivity contribution in [2.75, 3.05) is 0 Å². The van der Waals surface area contributed by atoms with Crippen LogP contribution in [0, 0.1) is 0 Å². The van der Waals surface area contributed by atoms with E-state index in [4.69, 9.17) is 16.6 Å². The van der Waals surface area contributed by atoms with Gasteiger partial charge in [-0.3, -0.25) is 9.59 Å². The number of carboxylic acids is 1. The lowest BCUT2D eigenvalue weighted by Crippen LogP contribution is -2.42. The number of rotatable bonds is 8. The fourth-order valence-corrected chi connectivity index (χ4v) is 1.89. The van der Waals surface area contributed by atoms with Crippen LogP contribution in [0.2, 0.25) is 0 Å². The first-order valence-electron chi connectivity index (χ1n) is 6.51. The monoisotopic (exact) mass is 293 g/mol. The Morgan fingerprint density at radius 1 is 1.19 bits per heavy atom. The smallest absolute Gasteiger partial charge is 0.326 e. The molecule has 1 aromatic carbocycles. The molecule has 7 heteroatoms. The van der Waals surface area contributed by atoms with Crippen LogP contribution in [0.4, 0.5) is 0 Å². The van der Waals surface area contributed by atoms with Crippen molar-refractivity contribution >= 4 is 17.8 Å². The molecule has 0 aliphatic heterocycles. The predicted octanol–water partition coefficient (Wildman–Crippen LogP) is -0.477. The lowest BCUT2D eigenvalue weighted by atomic mass is 10.0. The van der Waals surface area contributed by atoms with E-state index in [1.165, 1.54) is 0 Å². The Morgan fingerprint density at radius 2 is 1.81 bits per heavy atom. The highest BCUT2D eigenvalue weighted by atomic mass is 16.4. The Hall–Kier alpha value is -2.41. The molecule has 0 aromatic heterocycles. The quantitative estimate of drug-likeness (QED) is 0.513. The van der Waals surface area contributed by atoms with Crippen LogP contribution in [0.5, 0.6) is 0 Å². The highest BCUT2D eigenvalue weighted by Crippen LogP contribution is 2.09. The van der Waals surface area contributed by atoms with Gasteiger partial charge in [-0.2, -0.15) is 0 Å². The summed E-state index contributed by atoms with van der Waals surface area (Å²) in [5.41, 5.74) is 12.1. The average Bonchev–Trinajstić information content (AvgIpc) is 2.43. The van der Waals surface area contributed by atoms with Crippen molar-refractivity contribution in [3.05, 3.63) is 35.4 Å². The second-order valence-corrected chi connectivity index (χ2v) is 4.61. The highest BCUT2D eigenvalue weighted by molar-refractivity contribution is 5.85. The molecule has 0 aliphatic rings. The first-order valence-corrected chi connectivity index (χ1v) is 6.51. The van der Waals surface area contributed by atoms with Crippen molar-refractivity contribution in [3.63, 3.8) is 0 Å². The second kappa shape index (κ2) is 8.01. The first kappa shape index (κ1) is 16.6. The number of carbonyl (C=O) groups excluding carboxylic acids is 2. The maximum Gasteiger partial charge on any atom is 0.326 e. The molecule has 7 nitrogen and oxygen atoms in total. The van der Waals surface area contributed by atoms with E-state index < -0.39 is 23.8 Å². The summed E-state index contributed by atoms with van der Waals surface area (Å²) in [4.78, 5) is 33.6. The lowest BCUT2D eigenvalue weighted by molar-refractivity contribution is -0.142. The molecule has 1 unspecified atom stereocenters. The standard InChI is InChI=1S/C14H19N3O4/c15-8-10-4-2-1-3-9(10)7-13(19)17-11(14(20)21)5-6-12(16)18/h1-4,11H,5-8,15H2,(H2,16,18)(H,17,19)(H,20,21). The minimum Gasteiger partial charge on any atom is -0.480 e. The number of hydrogen-bond donors (Lipinski definition) is 4. The summed E-state index contributed by atoms with van der Waals surface area (Å²) in [6.45, 7) is 0.299. The summed E-state index contributed by atoms with van der Waals surface area (Å²) in [5.74, 6) is -2.24. The third-order valence-corrected chi connectivity index (χ3v) is 3.00. The van der Waals surface area contributed by atoms with Gasteiger partial charge in [0.15, 0.2) is 0 Å². The third-order valence-electron chi connectivity index (χ3n) is 3.00. The largest absolute Gasteiger partial charge is 0.480 e. The van der Waals surface area contributed by atoms with E-state index in [1.54, 1.807) is 12.1 Å². The molecule has 2 amide bonds. The molecule has 114 valence electrons. The molecule has 1 rings (SSSR count). The number of benzene rings is 1. The Morgan fingerprint density at radius 3 is 2.33 bits per heavy atom. The summed E-state index contributed by atoms with van der Waals surface area (Å²) in [6, 6.07) is 6.04. The number of hydrogen-bond acceptors (Lipinski definition) is 4. The van der Waals surface area contributed by atoms with Crippen LogP contribution < -0.4 is 16.8 Å². The van der Waals surface area contributed by atoms with Crippen LogP contribution in [-0.4, -0.2) is 28.9 Å². The van der Waals surface area contributed by atoms with Crippen molar-refractivity contribution < 1.29 is 19.5 Å². The topological polar surface area (TPSA) is 136 Å². The summed E-state index contributed by atoms with van der Waals surface area (Å²) in [6.07, 6.45) is -0.0979. The van der Waals surface area contributed by atoms with Crippen LogP contribution in [0.1, 0.15) is 24.0 Å². The minimum absolute atomic E-state index is 0.0328. The average molecular weight is 293 g/mol. The Balaban J connectivity index is 2.65. The van der Waals surface area contributed by atoms with Gasteiger partial charge in [-0.15, -0.1) is 0 Å². The molecular weight excluding hydrogens is 274 g/mol. The van der Waals surface area contributed by atoms with Gasteiger partial charge in [0.05, 0.1) is 6.42 Å². The number of carbonyl (C=O) groups is 3. The van der Waals surface area contributed by atoms with E-state index in [0.29, 0.717) is 6.54 Å². The van der Waals surface area contributed by atoms with E-state index in [1.807, 2.05) is 12.1 Å². The minimum atomic E-state index is -1.20. The molecule has 1 atom stereocenters. The lowest BCUT2D eigenvalue weighted by Gasteiger charge is -2.14. The number of nitrogens with one attached hydrogen (secondary N) is 1. The number of nitrogens with two attached hydrogens (primary N) is 2. The van der Waals surface area contributed by atoms with E-state index in [9.17, 15) is 14.4 Å². The van der Waals surface area contributed by atoms with E-state index in [-0.39, 0.29) is 19.3 Å². The SMILES string of the molecule is NCc1ccccc1CC(=O)NC(CCC(N)=O)C(=O)O. The number of amides is 2. The van der Waals surface area contributed by atoms with Gasteiger partial charge in [-0.1, -0.05) is 24.3 Å². The molecule has 0 radical (unpaired) electrons. The third kappa shape index (κ3) is 5.62.